The van der Waals surface area contributed by atoms with E-state index in [4.69, 9.17) is 9.47 Å². The number of hydrogen-bond acceptors (Lipinski definition) is 5. The van der Waals surface area contributed by atoms with Crippen molar-refractivity contribution >= 4 is 29.0 Å². The van der Waals surface area contributed by atoms with Gasteiger partial charge in [-0.25, -0.2) is 0 Å². The first-order valence-electron chi connectivity index (χ1n) is 8.09. The Hall–Kier alpha value is -3.35. The third-order valence-corrected chi connectivity index (χ3v) is 3.90. The van der Waals surface area contributed by atoms with Crippen LogP contribution in [0.4, 0.5) is 11.4 Å². The van der Waals surface area contributed by atoms with E-state index in [0.717, 1.165) is 0 Å². The van der Waals surface area contributed by atoms with Crippen LogP contribution < -0.4 is 20.1 Å². The van der Waals surface area contributed by atoms with E-state index in [0.29, 0.717) is 28.4 Å². The first-order chi connectivity index (χ1) is 12.6. The smallest absolute Gasteiger partial charge is 0.262 e. The fraction of sp³-hybridized carbons (Fsp3) is 0.211. The average Bonchev–Trinajstić information content (AvgIpc) is 2.66. The Morgan fingerprint density at radius 2 is 1.92 bits per heavy atom. The molecule has 0 aromatic heterocycles. The standard InChI is InChI=1S/C19H18N2O5/c1-25-13-7-5-12(6-8-13)16(22)9-10-17(23)20-14-3-2-4-15-19(14)26-11-18(24)21-15/h2-8H,9-11H2,1H3,(H,20,23)(H,21,24). The molecule has 2 aromatic rings. The Morgan fingerprint density at radius 3 is 2.65 bits per heavy atom. The first-order valence-corrected chi connectivity index (χ1v) is 8.09. The van der Waals surface area contributed by atoms with Crippen LogP contribution in [0.1, 0.15) is 23.2 Å². The van der Waals surface area contributed by atoms with Crippen LogP contribution in [0.5, 0.6) is 11.5 Å². The maximum atomic E-state index is 12.2. The summed E-state index contributed by atoms with van der Waals surface area (Å²) in [5, 5.41) is 5.40. The fourth-order valence-corrected chi connectivity index (χ4v) is 2.57. The lowest BCUT2D eigenvalue weighted by Gasteiger charge is -2.20. The van der Waals surface area contributed by atoms with Gasteiger partial charge in [-0.15, -0.1) is 0 Å². The number of benzene rings is 2. The molecular weight excluding hydrogens is 336 g/mol. The molecule has 2 N–H and O–H groups in total. The van der Waals surface area contributed by atoms with Crippen molar-refractivity contribution < 1.29 is 23.9 Å². The number of amides is 2. The molecule has 0 atom stereocenters. The molecule has 2 amide bonds. The second-order valence-electron chi connectivity index (χ2n) is 5.72. The minimum Gasteiger partial charge on any atom is -0.497 e. The van der Waals surface area contributed by atoms with Gasteiger partial charge < -0.3 is 20.1 Å². The molecule has 2 aromatic carbocycles. The summed E-state index contributed by atoms with van der Waals surface area (Å²) < 4.78 is 10.4. The van der Waals surface area contributed by atoms with Gasteiger partial charge in [0.15, 0.2) is 18.1 Å². The van der Waals surface area contributed by atoms with Crippen molar-refractivity contribution in [2.24, 2.45) is 0 Å². The number of ether oxygens (including phenoxy) is 2. The number of ketones is 1. The van der Waals surface area contributed by atoms with Gasteiger partial charge >= 0.3 is 0 Å². The summed E-state index contributed by atoms with van der Waals surface area (Å²) in [5.41, 5.74) is 1.50. The van der Waals surface area contributed by atoms with E-state index in [1.54, 1.807) is 49.6 Å². The molecule has 1 aliphatic rings. The highest BCUT2D eigenvalue weighted by atomic mass is 16.5. The van der Waals surface area contributed by atoms with Crippen molar-refractivity contribution in [2.45, 2.75) is 12.8 Å². The normalized spacial score (nSPS) is 12.4. The summed E-state index contributed by atoms with van der Waals surface area (Å²) in [7, 11) is 1.55. The van der Waals surface area contributed by atoms with Crippen LogP contribution in [0.3, 0.4) is 0 Å². The molecule has 26 heavy (non-hydrogen) atoms. The van der Waals surface area contributed by atoms with E-state index < -0.39 is 0 Å². The Kier molecular flexibility index (Phi) is 5.17. The monoisotopic (exact) mass is 354 g/mol. The third kappa shape index (κ3) is 4.00. The number of Topliss-reactive ketones (excluding diaryl/α,β-unsaturated/α-hetero) is 1. The molecule has 134 valence electrons. The van der Waals surface area contributed by atoms with E-state index >= 15 is 0 Å². The summed E-state index contributed by atoms with van der Waals surface area (Å²) in [6.07, 6.45) is 0.131. The third-order valence-electron chi connectivity index (χ3n) is 3.90. The first kappa shape index (κ1) is 17.5. The molecule has 7 heteroatoms. The number of para-hydroxylation sites is 1. The number of hydrogen-bond donors (Lipinski definition) is 2. The number of fused-ring (bicyclic) bond motifs is 1. The van der Waals surface area contributed by atoms with Gasteiger partial charge in [-0.05, 0) is 36.4 Å². The van der Waals surface area contributed by atoms with Crippen LogP contribution in [0.25, 0.3) is 0 Å². The van der Waals surface area contributed by atoms with Crippen LogP contribution in [0, 0.1) is 0 Å². The predicted octanol–water partition coefficient (Wildman–Crippen LogP) is 2.63. The lowest BCUT2D eigenvalue weighted by atomic mass is 10.1. The highest BCUT2D eigenvalue weighted by Crippen LogP contribution is 2.35. The van der Waals surface area contributed by atoms with Gasteiger partial charge in [-0.3, -0.25) is 14.4 Å². The van der Waals surface area contributed by atoms with E-state index in [-0.39, 0.29) is 37.0 Å². The van der Waals surface area contributed by atoms with E-state index in [9.17, 15) is 14.4 Å². The molecule has 0 radical (unpaired) electrons. The number of rotatable bonds is 6. The largest absolute Gasteiger partial charge is 0.497 e. The van der Waals surface area contributed by atoms with Crippen LogP contribution in [-0.4, -0.2) is 31.3 Å². The topological polar surface area (TPSA) is 93.7 Å². The molecule has 0 aliphatic carbocycles. The highest BCUT2D eigenvalue weighted by Gasteiger charge is 2.20. The molecule has 0 spiro atoms. The molecule has 0 bridgehead atoms. The minimum absolute atomic E-state index is 0.0425. The van der Waals surface area contributed by atoms with Crippen molar-refractivity contribution in [1.82, 2.24) is 0 Å². The Morgan fingerprint density at radius 1 is 1.15 bits per heavy atom. The zero-order valence-corrected chi connectivity index (χ0v) is 14.2. The van der Waals surface area contributed by atoms with Crippen LogP contribution in [0.15, 0.2) is 42.5 Å². The van der Waals surface area contributed by atoms with E-state index in [2.05, 4.69) is 10.6 Å². The molecule has 0 saturated heterocycles. The number of carbonyl (C=O) groups is 3. The molecular formula is C19H18N2O5. The number of carbonyl (C=O) groups excluding carboxylic acids is 3. The number of anilines is 2. The van der Waals surface area contributed by atoms with Crippen molar-refractivity contribution in [1.29, 1.82) is 0 Å². The van der Waals surface area contributed by atoms with Gasteiger partial charge in [0.05, 0.1) is 18.5 Å². The quantitative estimate of drug-likeness (QED) is 0.778. The molecule has 1 heterocycles. The van der Waals surface area contributed by atoms with Crippen molar-refractivity contribution in [3.63, 3.8) is 0 Å². The molecule has 7 nitrogen and oxygen atoms in total. The van der Waals surface area contributed by atoms with Crippen molar-refractivity contribution in [2.75, 3.05) is 24.4 Å². The Bertz CT molecular complexity index is 846. The maximum absolute atomic E-state index is 12.2. The fourth-order valence-electron chi connectivity index (χ4n) is 2.57. The van der Waals surface area contributed by atoms with Gasteiger partial charge in [0.25, 0.3) is 5.91 Å². The van der Waals surface area contributed by atoms with Gasteiger partial charge in [-0.1, -0.05) is 6.07 Å². The minimum atomic E-state index is -0.305. The maximum Gasteiger partial charge on any atom is 0.262 e. The highest BCUT2D eigenvalue weighted by molar-refractivity contribution is 6.02. The molecule has 0 saturated carbocycles. The van der Waals surface area contributed by atoms with Crippen LogP contribution >= 0.6 is 0 Å². The lowest BCUT2D eigenvalue weighted by molar-refractivity contribution is -0.118. The van der Waals surface area contributed by atoms with E-state index in [1.165, 1.54) is 0 Å². The summed E-state index contributed by atoms with van der Waals surface area (Å²) in [4.78, 5) is 35.7. The van der Waals surface area contributed by atoms with E-state index in [1.807, 2.05) is 0 Å². The summed E-state index contributed by atoms with van der Waals surface area (Å²) >= 11 is 0. The summed E-state index contributed by atoms with van der Waals surface area (Å²) in [6, 6.07) is 11.8. The molecule has 1 aliphatic heterocycles. The molecule has 3 rings (SSSR count). The molecule has 0 unspecified atom stereocenters. The number of methoxy groups -OCH3 is 1. The van der Waals surface area contributed by atoms with Crippen LogP contribution in [-0.2, 0) is 9.59 Å². The zero-order chi connectivity index (χ0) is 18.5. The van der Waals surface area contributed by atoms with Gasteiger partial charge in [0.2, 0.25) is 5.91 Å². The second kappa shape index (κ2) is 7.69. The van der Waals surface area contributed by atoms with Crippen LogP contribution in [0.2, 0.25) is 0 Å². The molecule has 0 fully saturated rings. The SMILES string of the molecule is COc1ccc(C(=O)CCC(=O)Nc2cccc3c2OCC(=O)N3)cc1. The van der Waals surface area contributed by atoms with Crippen molar-refractivity contribution in [3.05, 3.63) is 48.0 Å². The van der Waals surface area contributed by atoms with Gasteiger partial charge in [0.1, 0.15) is 5.75 Å². The van der Waals surface area contributed by atoms with Gasteiger partial charge in [0, 0.05) is 18.4 Å². The second-order valence-corrected chi connectivity index (χ2v) is 5.72. The predicted molar refractivity (Wildman–Crippen MR) is 95.8 cm³/mol. The summed E-state index contributed by atoms with van der Waals surface area (Å²) in [6.45, 7) is -0.101. The Labute approximate surface area is 150 Å². The zero-order valence-electron chi connectivity index (χ0n) is 14.2. The van der Waals surface area contributed by atoms with Crippen molar-refractivity contribution in [3.8, 4) is 11.5 Å². The Balaban J connectivity index is 1.58. The van der Waals surface area contributed by atoms with Gasteiger partial charge in [-0.2, -0.15) is 0 Å². The lowest BCUT2D eigenvalue weighted by Crippen LogP contribution is -2.26. The number of nitrogens with one attached hydrogen (secondary N) is 2. The average molecular weight is 354 g/mol. The summed E-state index contributed by atoms with van der Waals surface area (Å²) in [5.74, 6) is 0.412.